The Morgan fingerprint density at radius 1 is 0.301 bits per heavy atom. The first-order valence-electron chi connectivity index (χ1n) is 30.0. The van der Waals surface area contributed by atoms with Gasteiger partial charge in [-0.1, -0.05) is 258 Å². The Morgan fingerprint density at radius 3 is 0.918 bits per heavy atom. The van der Waals surface area contributed by atoms with E-state index in [2.05, 4.69) is 130 Å². The number of allylic oxidation sites excluding steroid dienone is 19. The SMILES string of the molecule is CC/C=C\C/C=C\C/C=C\C/C=C\C/C=C\CC(=O)OC(COC(=O)CCCCCCC/C=C\CCCCCC)COC(=O)CCCCCCCCCCCCCCCC/C=C\C/C=C\C/C=C\C/C=C\CC. The fourth-order valence-electron chi connectivity index (χ4n) is 8.03. The molecule has 0 spiro atoms. The summed E-state index contributed by atoms with van der Waals surface area (Å²) in [5.74, 6) is -1.06. The quantitative estimate of drug-likeness (QED) is 0.0261. The fourth-order valence-corrected chi connectivity index (χ4v) is 8.03. The van der Waals surface area contributed by atoms with Crippen LogP contribution in [0.2, 0.25) is 0 Å². The molecule has 1 unspecified atom stereocenters. The molecule has 6 heteroatoms. The van der Waals surface area contributed by atoms with E-state index < -0.39 is 12.1 Å². The topological polar surface area (TPSA) is 78.9 Å². The van der Waals surface area contributed by atoms with Crippen LogP contribution in [0.15, 0.2) is 122 Å². The van der Waals surface area contributed by atoms with Crippen LogP contribution >= 0.6 is 0 Å². The van der Waals surface area contributed by atoms with Crippen LogP contribution in [0, 0.1) is 0 Å². The van der Waals surface area contributed by atoms with E-state index in [4.69, 9.17) is 14.2 Å². The zero-order valence-electron chi connectivity index (χ0n) is 47.4. The van der Waals surface area contributed by atoms with Gasteiger partial charge >= 0.3 is 17.9 Å². The highest BCUT2D eigenvalue weighted by Gasteiger charge is 2.19. The molecule has 0 rings (SSSR count). The molecule has 0 aromatic carbocycles. The third kappa shape index (κ3) is 58.6. The highest BCUT2D eigenvalue weighted by molar-refractivity contribution is 5.72. The normalized spacial score (nSPS) is 13.0. The first kappa shape index (κ1) is 68.8. The smallest absolute Gasteiger partial charge is 0.310 e. The minimum atomic E-state index is -0.838. The lowest BCUT2D eigenvalue weighted by Gasteiger charge is -2.18. The largest absolute Gasteiger partial charge is 0.462 e. The molecule has 0 aliphatic heterocycles. The van der Waals surface area contributed by atoms with Crippen molar-refractivity contribution >= 4 is 17.9 Å². The number of esters is 3. The highest BCUT2D eigenvalue weighted by atomic mass is 16.6. The molecule has 0 aliphatic rings. The summed E-state index contributed by atoms with van der Waals surface area (Å²) in [7, 11) is 0. The van der Waals surface area contributed by atoms with Crippen molar-refractivity contribution in [1.82, 2.24) is 0 Å². The highest BCUT2D eigenvalue weighted by Crippen LogP contribution is 2.15. The zero-order valence-corrected chi connectivity index (χ0v) is 47.4. The molecule has 0 aliphatic carbocycles. The molecule has 0 aromatic heterocycles. The lowest BCUT2D eigenvalue weighted by Crippen LogP contribution is -2.30. The maximum Gasteiger partial charge on any atom is 0.310 e. The van der Waals surface area contributed by atoms with Crippen molar-refractivity contribution in [3.63, 3.8) is 0 Å². The van der Waals surface area contributed by atoms with Crippen LogP contribution in [0.1, 0.15) is 265 Å². The van der Waals surface area contributed by atoms with Crippen molar-refractivity contribution in [2.75, 3.05) is 13.2 Å². The Labute approximate surface area is 450 Å². The van der Waals surface area contributed by atoms with Crippen LogP contribution in [0.25, 0.3) is 0 Å². The van der Waals surface area contributed by atoms with E-state index in [0.29, 0.717) is 12.8 Å². The molecule has 6 nitrogen and oxygen atoms in total. The van der Waals surface area contributed by atoms with Gasteiger partial charge in [0.2, 0.25) is 0 Å². The maximum absolute atomic E-state index is 12.8. The lowest BCUT2D eigenvalue weighted by molar-refractivity contribution is -0.166. The lowest BCUT2D eigenvalue weighted by atomic mass is 10.0. The number of ether oxygens (including phenoxy) is 3. The van der Waals surface area contributed by atoms with Gasteiger partial charge in [-0.05, 0) is 109 Å². The fraction of sp³-hybridized carbons (Fsp3) is 0.657. The van der Waals surface area contributed by atoms with Gasteiger partial charge in [0.15, 0.2) is 6.10 Å². The van der Waals surface area contributed by atoms with Crippen molar-refractivity contribution in [3.8, 4) is 0 Å². The summed E-state index contributed by atoms with van der Waals surface area (Å²) >= 11 is 0. The van der Waals surface area contributed by atoms with Gasteiger partial charge < -0.3 is 14.2 Å². The van der Waals surface area contributed by atoms with Gasteiger partial charge in [-0.15, -0.1) is 0 Å². The molecule has 0 fully saturated rings. The average Bonchev–Trinajstić information content (AvgIpc) is 3.39. The summed E-state index contributed by atoms with van der Waals surface area (Å²) in [6.07, 6.45) is 83.7. The Morgan fingerprint density at radius 2 is 0.575 bits per heavy atom. The van der Waals surface area contributed by atoms with Gasteiger partial charge in [0.1, 0.15) is 13.2 Å². The second kappa shape index (κ2) is 60.4. The molecule has 0 radical (unpaired) electrons. The number of rotatable bonds is 53. The minimum Gasteiger partial charge on any atom is -0.462 e. The molecule has 0 aromatic rings. The molecule has 414 valence electrons. The number of hydrogen-bond donors (Lipinski definition) is 0. The van der Waals surface area contributed by atoms with Gasteiger partial charge in [0, 0.05) is 12.8 Å². The number of hydrogen-bond acceptors (Lipinski definition) is 6. The first-order chi connectivity index (χ1) is 36.0. The van der Waals surface area contributed by atoms with Crippen LogP contribution in [-0.2, 0) is 28.6 Å². The molecule has 0 saturated heterocycles. The third-order valence-electron chi connectivity index (χ3n) is 12.5. The van der Waals surface area contributed by atoms with Crippen molar-refractivity contribution < 1.29 is 28.6 Å². The molecule has 0 bridgehead atoms. The van der Waals surface area contributed by atoms with Gasteiger partial charge in [-0.2, -0.15) is 0 Å². The second-order valence-electron chi connectivity index (χ2n) is 19.5. The van der Waals surface area contributed by atoms with Crippen LogP contribution in [0.5, 0.6) is 0 Å². The van der Waals surface area contributed by atoms with Gasteiger partial charge in [0.25, 0.3) is 0 Å². The van der Waals surface area contributed by atoms with E-state index in [1.54, 1.807) is 6.08 Å². The maximum atomic E-state index is 12.8. The van der Waals surface area contributed by atoms with E-state index in [9.17, 15) is 14.4 Å². The van der Waals surface area contributed by atoms with E-state index in [-0.39, 0.29) is 31.6 Å². The van der Waals surface area contributed by atoms with E-state index in [1.165, 1.54) is 116 Å². The minimum absolute atomic E-state index is 0.0925. The molecular weight excluding hydrogens is 901 g/mol. The Balaban J connectivity index is 4.34. The van der Waals surface area contributed by atoms with Crippen LogP contribution in [0.4, 0.5) is 0 Å². The average molecular weight is 1010 g/mol. The van der Waals surface area contributed by atoms with E-state index in [1.807, 2.05) is 6.08 Å². The van der Waals surface area contributed by atoms with Crippen LogP contribution < -0.4 is 0 Å². The summed E-state index contributed by atoms with van der Waals surface area (Å²) in [5, 5.41) is 0. The number of carbonyl (C=O) groups excluding carboxylic acids is 3. The molecule has 0 N–H and O–H groups in total. The van der Waals surface area contributed by atoms with Crippen molar-refractivity contribution in [2.45, 2.75) is 271 Å². The standard InChI is InChI=1S/C67H110O6/c1-4-7-10-13-16-19-22-25-27-28-29-30-31-32-33-34-35-36-37-38-40-42-45-48-51-54-57-60-66(69)72-63-64(62-71-65(68)59-56-53-50-47-44-41-24-21-18-15-12-9-6-3)73-67(70)61-58-55-52-49-46-43-39-26-23-20-17-14-11-8-5-2/h7-8,10-11,16-17,19-21,24-27,29-30,39,46,49,55,58,64H,4-6,9,12-15,18,22-23,28,31-38,40-45,47-48,50-54,56-57,59-63H2,1-3H3/b10-7-,11-8-,19-16-,20-17-,24-21-,27-25-,30-29-,39-26-,49-46-,58-55-. The predicted octanol–water partition coefficient (Wildman–Crippen LogP) is 20.4. The Kier molecular flexibility index (Phi) is 56.9. The van der Waals surface area contributed by atoms with Gasteiger partial charge in [-0.3, -0.25) is 14.4 Å². The van der Waals surface area contributed by atoms with Crippen molar-refractivity contribution in [2.24, 2.45) is 0 Å². The van der Waals surface area contributed by atoms with Crippen LogP contribution in [-0.4, -0.2) is 37.2 Å². The molecule has 1 atom stereocenters. The molecule has 0 heterocycles. The van der Waals surface area contributed by atoms with E-state index in [0.717, 1.165) is 109 Å². The molecule has 0 amide bonds. The van der Waals surface area contributed by atoms with Crippen molar-refractivity contribution in [1.29, 1.82) is 0 Å². The number of carbonyl (C=O) groups is 3. The Hall–Kier alpha value is -4.19. The summed E-state index contributed by atoms with van der Waals surface area (Å²) in [6.45, 7) is 6.31. The first-order valence-corrected chi connectivity index (χ1v) is 30.0. The summed E-state index contributed by atoms with van der Waals surface area (Å²) in [4.78, 5) is 38.1. The monoisotopic (exact) mass is 1010 g/mol. The molecule has 0 saturated carbocycles. The zero-order chi connectivity index (χ0) is 52.9. The summed E-state index contributed by atoms with van der Waals surface area (Å²) in [6, 6.07) is 0. The van der Waals surface area contributed by atoms with Gasteiger partial charge in [0.05, 0.1) is 6.42 Å². The number of unbranched alkanes of at least 4 members (excludes halogenated alkanes) is 23. The van der Waals surface area contributed by atoms with Gasteiger partial charge in [-0.25, -0.2) is 0 Å². The van der Waals surface area contributed by atoms with Crippen molar-refractivity contribution in [3.05, 3.63) is 122 Å². The van der Waals surface area contributed by atoms with E-state index >= 15 is 0 Å². The molecule has 73 heavy (non-hydrogen) atoms. The molecular formula is C67H110O6. The second-order valence-corrected chi connectivity index (χ2v) is 19.5. The third-order valence-corrected chi connectivity index (χ3v) is 12.5. The predicted molar refractivity (Wildman–Crippen MR) is 316 cm³/mol. The summed E-state index contributed by atoms with van der Waals surface area (Å²) < 4.78 is 16.7. The summed E-state index contributed by atoms with van der Waals surface area (Å²) in [5.41, 5.74) is 0. The van der Waals surface area contributed by atoms with Crippen LogP contribution in [0.3, 0.4) is 0 Å². The Bertz CT molecular complexity index is 1540.